The average molecular weight is 490 g/mol. The van der Waals surface area contributed by atoms with Gasteiger partial charge in [-0.05, 0) is 51.6 Å². The summed E-state index contributed by atoms with van der Waals surface area (Å²) < 4.78 is 61.0. The minimum atomic E-state index is -4.15. The molecule has 0 amide bonds. The van der Waals surface area contributed by atoms with E-state index < -0.39 is 43.8 Å². The van der Waals surface area contributed by atoms with E-state index in [-0.39, 0.29) is 30.2 Å². The molecule has 3 fully saturated rings. The standard InChI is InChI=1S/C19H27ClN5O6P/c1-5-27-32(26,28-6-2)29-8-19-7-10(19)12(13-14(19)31-18(3,4)30-13)25-9-22-11-15(21)23-17(20)24-16(11)25/h9-10,12-14H,5-8H2,1-4H3,(H2,21,23,24)/t10-,12-,13+,14+,19+/m1/s1/i8D2. The summed E-state index contributed by atoms with van der Waals surface area (Å²) in [5.74, 6) is -1.14. The Morgan fingerprint density at radius 3 is 2.72 bits per heavy atom. The summed E-state index contributed by atoms with van der Waals surface area (Å²) in [6.45, 7) is 4.44. The van der Waals surface area contributed by atoms with Gasteiger partial charge in [0.05, 0.1) is 41.0 Å². The van der Waals surface area contributed by atoms with Gasteiger partial charge >= 0.3 is 7.82 Å². The van der Waals surface area contributed by atoms with E-state index in [0.717, 1.165) is 0 Å². The summed E-state index contributed by atoms with van der Waals surface area (Å²) in [6.07, 6.45) is 0.699. The molecule has 3 aliphatic rings. The van der Waals surface area contributed by atoms with Gasteiger partial charge in [-0.2, -0.15) is 9.97 Å². The molecular formula is C19H27ClN5O6P. The van der Waals surface area contributed by atoms with Crippen LogP contribution in [0.5, 0.6) is 0 Å². The van der Waals surface area contributed by atoms with Crippen molar-refractivity contribution in [2.75, 3.05) is 25.5 Å². The monoisotopic (exact) mass is 489 g/mol. The predicted octanol–water partition coefficient (Wildman–Crippen LogP) is 3.34. The van der Waals surface area contributed by atoms with Crippen LogP contribution >= 0.6 is 19.4 Å². The fraction of sp³-hybridized carbons (Fsp3) is 0.737. The molecule has 0 radical (unpaired) electrons. The Morgan fingerprint density at radius 2 is 2.03 bits per heavy atom. The molecule has 1 aliphatic heterocycles. The molecule has 2 aromatic heterocycles. The van der Waals surface area contributed by atoms with E-state index in [1.165, 1.54) is 0 Å². The van der Waals surface area contributed by atoms with Gasteiger partial charge < -0.3 is 19.8 Å². The number of nitrogen functional groups attached to an aromatic ring is 1. The van der Waals surface area contributed by atoms with E-state index in [2.05, 4.69) is 15.0 Å². The van der Waals surface area contributed by atoms with Crippen LogP contribution < -0.4 is 5.73 Å². The van der Waals surface area contributed by atoms with Crippen LogP contribution in [0.4, 0.5) is 5.82 Å². The third-order valence-electron chi connectivity index (χ3n) is 6.11. The van der Waals surface area contributed by atoms with Crippen LogP contribution in [0.2, 0.25) is 5.28 Å². The van der Waals surface area contributed by atoms with Crippen molar-refractivity contribution in [1.82, 2.24) is 19.5 Å². The van der Waals surface area contributed by atoms with Gasteiger partial charge in [0.1, 0.15) is 11.6 Å². The first-order chi connectivity index (χ1) is 15.9. The lowest BCUT2D eigenvalue weighted by Crippen LogP contribution is -2.33. The largest absolute Gasteiger partial charge is 0.474 e. The number of anilines is 1. The molecule has 176 valence electrons. The van der Waals surface area contributed by atoms with E-state index >= 15 is 0 Å². The SMILES string of the molecule is [2H]C([2H])(OP(=O)(OCC)OCC)[C@@]12C[C@@H]1[C@@H](n1cnc3c(N)nc(Cl)nc31)[C@@H]1OC(C)(C)O[C@@H]12. The predicted molar refractivity (Wildman–Crippen MR) is 115 cm³/mol. The number of halogens is 1. The fourth-order valence-electron chi connectivity index (χ4n) is 4.93. The Morgan fingerprint density at radius 1 is 1.31 bits per heavy atom. The molecule has 2 N–H and O–H groups in total. The number of rotatable bonds is 8. The number of phosphoric acid groups is 1. The molecule has 0 unspecified atom stereocenters. The lowest BCUT2D eigenvalue weighted by molar-refractivity contribution is -0.162. The van der Waals surface area contributed by atoms with E-state index in [4.69, 9.17) is 43.1 Å². The quantitative estimate of drug-likeness (QED) is 0.434. The summed E-state index contributed by atoms with van der Waals surface area (Å²) in [5, 5.41) is -0.0275. The first-order valence-electron chi connectivity index (χ1n) is 11.5. The minimum absolute atomic E-state index is 0.0275. The molecule has 32 heavy (non-hydrogen) atoms. The first-order valence-corrected chi connectivity index (χ1v) is 12.3. The molecule has 0 aromatic carbocycles. The summed E-state index contributed by atoms with van der Waals surface area (Å²) in [4.78, 5) is 12.6. The third-order valence-corrected chi connectivity index (χ3v) is 7.74. The van der Waals surface area contributed by atoms with E-state index in [1.807, 2.05) is 0 Å². The highest BCUT2D eigenvalue weighted by molar-refractivity contribution is 7.48. The summed E-state index contributed by atoms with van der Waals surface area (Å²) >= 11 is 6.06. The van der Waals surface area contributed by atoms with Gasteiger partial charge in [0, 0.05) is 5.41 Å². The van der Waals surface area contributed by atoms with Crippen molar-refractivity contribution < 1.29 is 30.4 Å². The number of hydrogen-bond acceptors (Lipinski definition) is 10. The molecule has 1 saturated heterocycles. The number of nitrogens with two attached hydrogens (primary N) is 1. The van der Waals surface area contributed by atoms with Crippen LogP contribution in [0.3, 0.4) is 0 Å². The average Bonchev–Trinajstić information content (AvgIpc) is 3.05. The van der Waals surface area contributed by atoms with Crippen LogP contribution in [0.15, 0.2) is 6.33 Å². The number of fused-ring (bicyclic) bond motifs is 4. The number of aromatic nitrogens is 4. The molecule has 0 bridgehead atoms. The Balaban J connectivity index is 1.57. The Kier molecular flexibility index (Phi) is 4.76. The zero-order valence-electron chi connectivity index (χ0n) is 20.1. The molecule has 3 heterocycles. The molecular weight excluding hydrogens is 461 g/mol. The second-order valence-corrected chi connectivity index (χ2v) is 10.5. The van der Waals surface area contributed by atoms with Crippen molar-refractivity contribution in [1.29, 1.82) is 0 Å². The van der Waals surface area contributed by atoms with Gasteiger partial charge in [-0.1, -0.05) is 0 Å². The molecule has 5 rings (SSSR count). The normalized spacial score (nSPS) is 34.3. The molecule has 2 saturated carbocycles. The molecule has 0 spiro atoms. The van der Waals surface area contributed by atoms with E-state index in [1.54, 1.807) is 38.6 Å². The maximum absolute atomic E-state index is 13.1. The van der Waals surface area contributed by atoms with Crippen LogP contribution in [0.25, 0.3) is 11.2 Å². The maximum Gasteiger partial charge on any atom is 0.474 e. The highest BCUT2D eigenvalue weighted by atomic mass is 35.5. The zero-order valence-corrected chi connectivity index (χ0v) is 19.8. The number of phosphoric ester groups is 1. The first kappa shape index (κ1) is 20.1. The molecule has 13 heteroatoms. The van der Waals surface area contributed by atoms with Gasteiger partial charge in [-0.25, -0.2) is 9.55 Å². The van der Waals surface area contributed by atoms with Crippen molar-refractivity contribution >= 4 is 36.4 Å². The van der Waals surface area contributed by atoms with Gasteiger partial charge in [-0.15, -0.1) is 0 Å². The summed E-state index contributed by atoms with van der Waals surface area (Å²) in [7, 11) is -4.15. The third kappa shape index (κ3) is 3.46. The topological polar surface area (TPSA) is 133 Å². The van der Waals surface area contributed by atoms with Gasteiger partial charge in [-0.3, -0.25) is 13.6 Å². The lowest BCUT2D eigenvalue weighted by Gasteiger charge is -2.25. The van der Waals surface area contributed by atoms with E-state index in [0.29, 0.717) is 17.6 Å². The number of ether oxygens (including phenoxy) is 2. The van der Waals surface area contributed by atoms with Crippen molar-refractivity contribution in [3.05, 3.63) is 11.6 Å². The van der Waals surface area contributed by atoms with Gasteiger partial charge in [0.15, 0.2) is 17.3 Å². The zero-order chi connectivity index (χ0) is 24.7. The highest BCUT2D eigenvalue weighted by Crippen LogP contribution is 2.72. The van der Waals surface area contributed by atoms with Crippen molar-refractivity contribution in [3.8, 4) is 0 Å². The van der Waals surface area contributed by atoms with Gasteiger partial charge in [0.2, 0.25) is 5.28 Å². The van der Waals surface area contributed by atoms with Crippen molar-refractivity contribution in [2.24, 2.45) is 11.3 Å². The number of nitrogens with zero attached hydrogens (tertiary/aromatic N) is 4. The highest BCUT2D eigenvalue weighted by Gasteiger charge is 2.76. The van der Waals surface area contributed by atoms with Crippen LogP contribution in [-0.4, -0.2) is 57.3 Å². The van der Waals surface area contributed by atoms with Gasteiger partial charge in [0.25, 0.3) is 0 Å². The Bertz CT molecular complexity index is 1170. The van der Waals surface area contributed by atoms with Crippen molar-refractivity contribution in [2.45, 2.75) is 58.2 Å². The number of imidazole rings is 1. The van der Waals surface area contributed by atoms with Crippen LogP contribution in [-0.2, 0) is 27.6 Å². The Hall–Kier alpha value is -1.33. The molecule has 2 aromatic rings. The van der Waals surface area contributed by atoms with Crippen LogP contribution in [0.1, 0.15) is 42.9 Å². The molecule has 5 atom stereocenters. The lowest BCUT2D eigenvalue weighted by atomic mass is 10.0. The smallest absolute Gasteiger partial charge is 0.382 e. The second-order valence-electron chi connectivity index (χ2n) is 8.54. The molecule has 2 aliphatic carbocycles. The number of hydrogen-bond donors (Lipinski definition) is 1. The van der Waals surface area contributed by atoms with E-state index in [9.17, 15) is 4.57 Å². The summed E-state index contributed by atoms with van der Waals surface area (Å²) in [5.41, 5.74) is 5.61. The Labute approximate surface area is 193 Å². The summed E-state index contributed by atoms with van der Waals surface area (Å²) in [6, 6.07) is -0.417. The minimum Gasteiger partial charge on any atom is -0.382 e. The maximum atomic E-state index is 13.1. The van der Waals surface area contributed by atoms with Crippen molar-refractivity contribution in [3.63, 3.8) is 0 Å². The second kappa shape index (κ2) is 7.59. The van der Waals surface area contributed by atoms with Crippen LogP contribution in [0, 0.1) is 11.3 Å². The molecule has 11 nitrogen and oxygen atoms in total. The fourth-order valence-corrected chi connectivity index (χ4v) is 6.19.